The second-order valence-electron chi connectivity index (χ2n) is 5.94. The van der Waals surface area contributed by atoms with E-state index < -0.39 is 18.0 Å². The molecular weight excluding hydrogens is 343 g/mol. The van der Waals surface area contributed by atoms with Gasteiger partial charge in [0.25, 0.3) is 0 Å². The van der Waals surface area contributed by atoms with Crippen LogP contribution < -0.4 is 10.2 Å². The van der Waals surface area contributed by atoms with Crippen molar-refractivity contribution in [3.8, 4) is 5.69 Å². The molecule has 1 fully saturated rings. The lowest BCUT2D eigenvalue weighted by Crippen LogP contribution is -2.33. The Morgan fingerprint density at radius 2 is 2.31 bits per heavy atom. The molecule has 2 N–H and O–H groups in total. The number of cyclic esters (lactones) is 1. The second-order valence-corrected chi connectivity index (χ2v) is 5.94. The maximum absolute atomic E-state index is 14.5. The smallest absolute Gasteiger partial charge is 0.414 e. The van der Waals surface area contributed by atoms with Gasteiger partial charge in [-0.2, -0.15) is 0 Å². The fourth-order valence-corrected chi connectivity index (χ4v) is 2.71. The number of aliphatic hydroxyl groups is 1. The summed E-state index contributed by atoms with van der Waals surface area (Å²) in [6.07, 6.45) is 2.43. The molecule has 1 saturated heterocycles. The van der Waals surface area contributed by atoms with E-state index in [9.17, 15) is 14.0 Å². The molecule has 138 valence electrons. The summed E-state index contributed by atoms with van der Waals surface area (Å²) in [5.74, 6) is -0.732. The standard InChI is InChI=1S/C17H19FN4O4/c1-11(24)19-7-14-9-22(17(25)26-14)13-2-3-16(15(18)6-13)21-8-12(4-5-23)20-10-21/h2-3,6,8,10,14,23H,4-5,7,9H2,1H3,(H,19,24)/t14-/m0/s1. The van der Waals surface area contributed by atoms with Gasteiger partial charge >= 0.3 is 6.09 Å². The van der Waals surface area contributed by atoms with Gasteiger partial charge in [0.15, 0.2) is 0 Å². The molecule has 0 saturated carbocycles. The topological polar surface area (TPSA) is 96.7 Å². The number of amides is 2. The number of rotatable bonds is 6. The fourth-order valence-electron chi connectivity index (χ4n) is 2.71. The number of aliphatic hydroxyl groups excluding tert-OH is 1. The molecule has 0 radical (unpaired) electrons. The highest BCUT2D eigenvalue weighted by atomic mass is 19.1. The van der Waals surface area contributed by atoms with Gasteiger partial charge in [0.1, 0.15) is 11.9 Å². The zero-order chi connectivity index (χ0) is 18.7. The first-order valence-corrected chi connectivity index (χ1v) is 8.14. The predicted octanol–water partition coefficient (Wildman–Crippen LogP) is 1.01. The SMILES string of the molecule is CC(=O)NC[C@H]1CN(c2ccc(-n3cnc(CCO)c3)c(F)c2)C(=O)O1. The van der Waals surface area contributed by atoms with E-state index in [1.807, 2.05) is 0 Å². The lowest BCUT2D eigenvalue weighted by molar-refractivity contribution is -0.119. The van der Waals surface area contributed by atoms with Crippen molar-refractivity contribution >= 4 is 17.7 Å². The number of hydrogen-bond donors (Lipinski definition) is 2. The van der Waals surface area contributed by atoms with Crippen molar-refractivity contribution < 1.29 is 23.8 Å². The highest BCUT2D eigenvalue weighted by Gasteiger charge is 2.32. The van der Waals surface area contributed by atoms with Crippen molar-refractivity contribution in [1.29, 1.82) is 0 Å². The van der Waals surface area contributed by atoms with Gasteiger partial charge in [-0.05, 0) is 18.2 Å². The van der Waals surface area contributed by atoms with E-state index in [1.165, 1.54) is 28.8 Å². The molecule has 0 aliphatic carbocycles. The van der Waals surface area contributed by atoms with E-state index in [-0.39, 0.29) is 31.3 Å². The minimum Gasteiger partial charge on any atom is -0.442 e. The summed E-state index contributed by atoms with van der Waals surface area (Å²) in [6, 6.07) is 4.42. The van der Waals surface area contributed by atoms with Gasteiger partial charge < -0.3 is 19.7 Å². The molecule has 2 heterocycles. The fraction of sp³-hybridized carbons (Fsp3) is 0.353. The van der Waals surface area contributed by atoms with Crippen molar-refractivity contribution in [2.45, 2.75) is 19.4 Å². The van der Waals surface area contributed by atoms with Crippen LogP contribution in [0.1, 0.15) is 12.6 Å². The Morgan fingerprint density at radius 1 is 1.50 bits per heavy atom. The average Bonchev–Trinajstić information content (AvgIpc) is 3.20. The first kappa shape index (κ1) is 17.9. The van der Waals surface area contributed by atoms with E-state index >= 15 is 0 Å². The van der Waals surface area contributed by atoms with Gasteiger partial charge in [0.05, 0.1) is 36.5 Å². The number of halogens is 1. The maximum atomic E-state index is 14.5. The number of aromatic nitrogens is 2. The number of hydrogen-bond acceptors (Lipinski definition) is 5. The van der Waals surface area contributed by atoms with Gasteiger partial charge in [0.2, 0.25) is 5.91 Å². The van der Waals surface area contributed by atoms with Crippen LogP contribution in [0.2, 0.25) is 0 Å². The highest BCUT2D eigenvalue weighted by Crippen LogP contribution is 2.25. The third-order valence-electron chi connectivity index (χ3n) is 3.98. The van der Waals surface area contributed by atoms with Gasteiger partial charge in [-0.1, -0.05) is 0 Å². The molecule has 1 aliphatic heterocycles. The summed E-state index contributed by atoms with van der Waals surface area (Å²) in [5, 5.41) is 11.5. The monoisotopic (exact) mass is 362 g/mol. The Bertz CT molecular complexity index is 823. The second kappa shape index (κ2) is 7.52. The minimum absolute atomic E-state index is 0.0326. The Hall–Kier alpha value is -2.94. The molecule has 8 nitrogen and oxygen atoms in total. The van der Waals surface area contributed by atoms with Gasteiger partial charge in [-0.3, -0.25) is 9.69 Å². The normalized spacial score (nSPS) is 16.7. The van der Waals surface area contributed by atoms with Crippen LogP contribution in [0, 0.1) is 5.82 Å². The van der Waals surface area contributed by atoms with Gasteiger partial charge in [0, 0.05) is 26.1 Å². The number of anilines is 1. The quantitative estimate of drug-likeness (QED) is 0.799. The molecule has 9 heteroatoms. The molecule has 2 aromatic rings. The molecule has 1 aromatic heterocycles. The number of nitrogens with zero attached hydrogens (tertiary/aromatic N) is 3. The van der Waals surface area contributed by atoms with Crippen LogP contribution in [0.5, 0.6) is 0 Å². The van der Waals surface area contributed by atoms with Crippen LogP contribution in [0.3, 0.4) is 0 Å². The third kappa shape index (κ3) is 3.83. The maximum Gasteiger partial charge on any atom is 0.414 e. The number of imidazole rings is 1. The van der Waals surface area contributed by atoms with Crippen molar-refractivity contribution in [2.24, 2.45) is 0 Å². The zero-order valence-corrected chi connectivity index (χ0v) is 14.2. The lowest BCUT2D eigenvalue weighted by atomic mass is 10.2. The first-order valence-electron chi connectivity index (χ1n) is 8.14. The highest BCUT2D eigenvalue weighted by molar-refractivity contribution is 5.90. The van der Waals surface area contributed by atoms with E-state index in [2.05, 4.69) is 10.3 Å². The minimum atomic E-state index is -0.583. The number of nitrogens with one attached hydrogen (secondary N) is 1. The zero-order valence-electron chi connectivity index (χ0n) is 14.2. The molecule has 1 atom stereocenters. The molecule has 0 unspecified atom stereocenters. The Balaban J connectivity index is 1.74. The van der Waals surface area contributed by atoms with E-state index in [0.29, 0.717) is 17.8 Å². The van der Waals surface area contributed by atoms with Crippen molar-refractivity contribution in [3.05, 3.63) is 42.2 Å². The molecule has 1 aliphatic rings. The van der Waals surface area contributed by atoms with Crippen LogP contribution in [0.15, 0.2) is 30.7 Å². The molecule has 0 spiro atoms. The Labute approximate surface area is 149 Å². The Kier molecular flexibility index (Phi) is 5.17. The van der Waals surface area contributed by atoms with Crippen LogP contribution in [-0.2, 0) is 16.0 Å². The average molecular weight is 362 g/mol. The van der Waals surface area contributed by atoms with Gasteiger partial charge in [-0.25, -0.2) is 14.2 Å². The molecular formula is C17H19FN4O4. The summed E-state index contributed by atoms with van der Waals surface area (Å²) in [7, 11) is 0. The van der Waals surface area contributed by atoms with Crippen molar-refractivity contribution in [1.82, 2.24) is 14.9 Å². The van der Waals surface area contributed by atoms with Crippen LogP contribution in [0.4, 0.5) is 14.9 Å². The van der Waals surface area contributed by atoms with Crippen LogP contribution >= 0.6 is 0 Å². The van der Waals surface area contributed by atoms with E-state index in [0.717, 1.165) is 0 Å². The van der Waals surface area contributed by atoms with Crippen molar-refractivity contribution in [3.63, 3.8) is 0 Å². The summed E-state index contributed by atoms with van der Waals surface area (Å²) in [5.41, 5.74) is 1.31. The summed E-state index contributed by atoms with van der Waals surface area (Å²) >= 11 is 0. The van der Waals surface area contributed by atoms with Gasteiger partial charge in [-0.15, -0.1) is 0 Å². The number of carbonyl (C=O) groups excluding carboxylic acids is 2. The van der Waals surface area contributed by atoms with E-state index in [1.54, 1.807) is 18.3 Å². The lowest BCUT2D eigenvalue weighted by Gasteiger charge is -2.14. The molecule has 0 bridgehead atoms. The summed E-state index contributed by atoms with van der Waals surface area (Å²) in [6.45, 7) is 1.78. The summed E-state index contributed by atoms with van der Waals surface area (Å²) < 4.78 is 21.2. The summed E-state index contributed by atoms with van der Waals surface area (Å²) in [4.78, 5) is 28.4. The number of carbonyl (C=O) groups is 2. The molecule has 3 rings (SSSR count). The van der Waals surface area contributed by atoms with E-state index in [4.69, 9.17) is 9.84 Å². The third-order valence-corrected chi connectivity index (χ3v) is 3.98. The Morgan fingerprint density at radius 3 is 3.00 bits per heavy atom. The predicted molar refractivity (Wildman–Crippen MR) is 90.6 cm³/mol. The molecule has 26 heavy (non-hydrogen) atoms. The molecule has 1 aromatic carbocycles. The first-order chi connectivity index (χ1) is 12.5. The largest absolute Gasteiger partial charge is 0.442 e. The van der Waals surface area contributed by atoms with Crippen LogP contribution in [0.25, 0.3) is 5.69 Å². The molecule has 2 amide bonds. The van der Waals surface area contributed by atoms with Crippen molar-refractivity contribution in [2.75, 3.05) is 24.6 Å². The number of benzene rings is 1. The number of ether oxygens (including phenoxy) is 1. The van der Waals surface area contributed by atoms with Crippen LogP contribution in [-0.4, -0.2) is 52.5 Å².